The number of hydrogen-bond acceptors (Lipinski definition) is 3. The molecule has 19 heavy (non-hydrogen) atoms. The predicted octanol–water partition coefficient (Wildman–Crippen LogP) is 3.12. The van der Waals surface area contributed by atoms with E-state index in [0.717, 1.165) is 25.1 Å². The molecular formula is C15H22N4. The molecule has 0 fully saturated rings. The van der Waals surface area contributed by atoms with Crippen molar-refractivity contribution in [1.29, 1.82) is 0 Å². The molecule has 4 nitrogen and oxygen atoms in total. The average Bonchev–Trinajstić information content (AvgIpc) is 2.72. The second-order valence-electron chi connectivity index (χ2n) is 5.31. The van der Waals surface area contributed by atoms with Crippen LogP contribution in [0.15, 0.2) is 33.6 Å². The van der Waals surface area contributed by atoms with Gasteiger partial charge in [0.15, 0.2) is 0 Å². The molecule has 0 aromatic heterocycles. The van der Waals surface area contributed by atoms with E-state index in [9.17, 15) is 0 Å². The summed E-state index contributed by atoms with van der Waals surface area (Å²) in [7, 11) is 5.84. The SMILES string of the molecule is CCC1Cc2cc(CN(C)C)ccc2C1=NN=NC. The van der Waals surface area contributed by atoms with Crippen LogP contribution in [0.2, 0.25) is 0 Å². The third-order valence-corrected chi connectivity index (χ3v) is 3.53. The summed E-state index contributed by atoms with van der Waals surface area (Å²) in [5.74, 6) is 0.482. The summed E-state index contributed by atoms with van der Waals surface area (Å²) in [4.78, 5) is 2.19. The maximum atomic E-state index is 4.29. The fraction of sp³-hybridized carbons (Fsp3) is 0.533. The van der Waals surface area contributed by atoms with Crippen LogP contribution < -0.4 is 0 Å². The maximum absolute atomic E-state index is 4.29. The maximum Gasteiger partial charge on any atom is 0.0757 e. The van der Waals surface area contributed by atoms with Crippen LogP contribution in [0.1, 0.15) is 30.0 Å². The Morgan fingerprint density at radius 2 is 2.11 bits per heavy atom. The molecule has 0 bridgehead atoms. The highest BCUT2D eigenvalue weighted by Gasteiger charge is 2.27. The van der Waals surface area contributed by atoms with Crippen molar-refractivity contribution in [3.05, 3.63) is 34.9 Å². The summed E-state index contributed by atoms with van der Waals surface area (Å²) in [6.45, 7) is 3.18. The average molecular weight is 258 g/mol. The largest absolute Gasteiger partial charge is 0.305 e. The standard InChI is InChI=1S/C15H22N4/c1-5-12-9-13-8-11(10-19(3)4)6-7-14(13)15(12)17-18-16-2/h6-8,12H,5,9-10H2,1-4H3. The zero-order valence-corrected chi connectivity index (χ0v) is 12.2. The monoisotopic (exact) mass is 258 g/mol. The molecule has 0 saturated carbocycles. The first-order valence-electron chi connectivity index (χ1n) is 6.79. The second kappa shape index (κ2) is 6.06. The molecule has 0 heterocycles. The van der Waals surface area contributed by atoms with E-state index in [2.05, 4.69) is 59.6 Å². The van der Waals surface area contributed by atoms with Gasteiger partial charge in [0.1, 0.15) is 0 Å². The fourth-order valence-electron chi connectivity index (χ4n) is 2.68. The van der Waals surface area contributed by atoms with Crippen LogP contribution in [-0.4, -0.2) is 31.8 Å². The number of nitrogens with zero attached hydrogens (tertiary/aromatic N) is 4. The van der Waals surface area contributed by atoms with Crippen LogP contribution in [0.5, 0.6) is 0 Å². The van der Waals surface area contributed by atoms with Crippen molar-refractivity contribution < 1.29 is 0 Å². The summed E-state index contributed by atoms with van der Waals surface area (Å²) in [6.07, 6.45) is 2.17. The molecule has 0 radical (unpaired) electrons. The molecule has 2 rings (SSSR count). The van der Waals surface area contributed by atoms with Gasteiger partial charge in [-0.2, -0.15) is 5.11 Å². The minimum atomic E-state index is 0.482. The van der Waals surface area contributed by atoms with E-state index in [0.29, 0.717) is 5.92 Å². The van der Waals surface area contributed by atoms with E-state index in [1.807, 2.05) is 0 Å². The van der Waals surface area contributed by atoms with Gasteiger partial charge in [0, 0.05) is 18.0 Å². The van der Waals surface area contributed by atoms with E-state index in [1.54, 1.807) is 7.05 Å². The van der Waals surface area contributed by atoms with E-state index in [1.165, 1.54) is 16.7 Å². The zero-order chi connectivity index (χ0) is 13.8. The van der Waals surface area contributed by atoms with Crippen molar-refractivity contribution >= 4 is 5.71 Å². The van der Waals surface area contributed by atoms with E-state index in [4.69, 9.17) is 0 Å². The van der Waals surface area contributed by atoms with Crippen molar-refractivity contribution in [2.75, 3.05) is 21.1 Å². The Bertz CT molecular complexity index is 503. The van der Waals surface area contributed by atoms with Gasteiger partial charge in [-0.15, -0.1) is 5.10 Å². The van der Waals surface area contributed by atoms with Gasteiger partial charge in [-0.05, 0) is 43.3 Å². The molecule has 1 aromatic rings. The molecule has 1 aromatic carbocycles. The van der Waals surface area contributed by atoms with Crippen molar-refractivity contribution in [1.82, 2.24) is 4.90 Å². The summed E-state index contributed by atoms with van der Waals surface area (Å²) in [6, 6.07) is 6.69. The quantitative estimate of drug-likeness (QED) is 0.604. The van der Waals surface area contributed by atoms with Gasteiger partial charge in [-0.1, -0.05) is 25.1 Å². The molecule has 1 atom stereocenters. The number of benzene rings is 1. The Balaban J connectivity index is 2.33. The van der Waals surface area contributed by atoms with Crippen LogP contribution >= 0.6 is 0 Å². The van der Waals surface area contributed by atoms with Crippen LogP contribution in [0.25, 0.3) is 0 Å². The highest BCUT2D eigenvalue weighted by Crippen LogP contribution is 2.30. The highest BCUT2D eigenvalue weighted by atomic mass is 15.4. The molecule has 1 unspecified atom stereocenters. The first-order valence-corrected chi connectivity index (χ1v) is 6.79. The molecule has 102 valence electrons. The summed E-state index contributed by atoms with van der Waals surface area (Å²) in [5.41, 5.74) is 5.11. The van der Waals surface area contributed by atoms with Crippen molar-refractivity contribution in [2.45, 2.75) is 26.3 Å². The van der Waals surface area contributed by atoms with E-state index < -0.39 is 0 Å². The van der Waals surface area contributed by atoms with Gasteiger partial charge in [-0.3, -0.25) is 0 Å². The molecule has 0 saturated heterocycles. The predicted molar refractivity (Wildman–Crippen MR) is 78.6 cm³/mol. The Labute approximate surface area is 115 Å². The van der Waals surface area contributed by atoms with Gasteiger partial charge in [-0.25, -0.2) is 0 Å². The van der Waals surface area contributed by atoms with Crippen LogP contribution in [0, 0.1) is 5.92 Å². The second-order valence-corrected chi connectivity index (χ2v) is 5.31. The summed E-state index contributed by atoms with van der Waals surface area (Å²) < 4.78 is 0. The number of hydrogen-bond donors (Lipinski definition) is 0. The van der Waals surface area contributed by atoms with Gasteiger partial charge in [0.05, 0.1) is 12.8 Å². The van der Waals surface area contributed by atoms with Crippen molar-refractivity contribution in [3.63, 3.8) is 0 Å². The van der Waals surface area contributed by atoms with Gasteiger partial charge < -0.3 is 4.90 Å². The first kappa shape index (κ1) is 13.9. The highest BCUT2D eigenvalue weighted by molar-refractivity contribution is 6.06. The van der Waals surface area contributed by atoms with Crippen LogP contribution in [0.4, 0.5) is 0 Å². The Morgan fingerprint density at radius 3 is 2.74 bits per heavy atom. The van der Waals surface area contributed by atoms with Crippen LogP contribution in [0.3, 0.4) is 0 Å². The Kier molecular flexibility index (Phi) is 4.43. The summed E-state index contributed by atoms with van der Waals surface area (Å²) in [5, 5.41) is 11.8. The first-order chi connectivity index (χ1) is 9.15. The molecular weight excluding hydrogens is 236 g/mol. The molecule has 0 amide bonds. The third kappa shape index (κ3) is 3.07. The third-order valence-electron chi connectivity index (χ3n) is 3.53. The fourth-order valence-corrected chi connectivity index (χ4v) is 2.68. The Hall–Kier alpha value is -1.55. The molecule has 1 aliphatic carbocycles. The van der Waals surface area contributed by atoms with Crippen molar-refractivity contribution in [3.8, 4) is 0 Å². The van der Waals surface area contributed by atoms with Gasteiger partial charge >= 0.3 is 0 Å². The van der Waals surface area contributed by atoms with E-state index >= 15 is 0 Å². The molecule has 0 N–H and O–H groups in total. The smallest absolute Gasteiger partial charge is 0.0757 e. The normalized spacial score (nSPS) is 20.7. The molecule has 4 heteroatoms. The lowest BCUT2D eigenvalue weighted by atomic mass is 10.0. The van der Waals surface area contributed by atoms with Gasteiger partial charge in [0.2, 0.25) is 0 Å². The lowest BCUT2D eigenvalue weighted by molar-refractivity contribution is 0.402. The minimum Gasteiger partial charge on any atom is -0.305 e. The van der Waals surface area contributed by atoms with Crippen LogP contribution in [-0.2, 0) is 13.0 Å². The molecule has 0 aliphatic heterocycles. The minimum absolute atomic E-state index is 0.482. The van der Waals surface area contributed by atoms with Crippen molar-refractivity contribution in [2.24, 2.45) is 21.4 Å². The number of rotatable bonds is 4. The van der Waals surface area contributed by atoms with E-state index in [-0.39, 0.29) is 0 Å². The number of fused-ring (bicyclic) bond motifs is 1. The summed E-state index contributed by atoms with van der Waals surface area (Å²) >= 11 is 0. The van der Waals surface area contributed by atoms with Gasteiger partial charge in [0.25, 0.3) is 0 Å². The Morgan fingerprint density at radius 1 is 1.32 bits per heavy atom. The molecule has 1 aliphatic rings. The lowest BCUT2D eigenvalue weighted by Gasteiger charge is -2.10. The molecule has 0 spiro atoms. The lowest BCUT2D eigenvalue weighted by Crippen LogP contribution is -2.11. The topological polar surface area (TPSA) is 40.3 Å². The zero-order valence-electron chi connectivity index (χ0n) is 12.2.